The first-order chi connectivity index (χ1) is 25.5. The molecular formula is C42H34N6O2S2. The molecule has 0 aliphatic rings. The Hall–Kier alpha value is -5.84. The van der Waals surface area contributed by atoms with Gasteiger partial charge in [-0.05, 0) is 56.5 Å². The molecule has 0 aliphatic heterocycles. The first-order valence-electron chi connectivity index (χ1n) is 17.0. The molecule has 0 atom stereocenters. The van der Waals surface area contributed by atoms with Crippen molar-refractivity contribution >= 4 is 40.1 Å². The van der Waals surface area contributed by atoms with E-state index >= 15 is 0 Å². The van der Waals surface area contributed by atoms with Crippen LogP contribution in [0.1, 0.15) is 43.7 Å². The second-order valence-electron chi connectivity index (χ2n) is 12.4. The minimum absolute atomic E-state index is 0.323. The number of thiophene rings is 1. The Morgan fingerprint density at radius 1 is 0.769 bits per heavy atom. The molecule has 0 spiro atoms. The van der Waals surface area contributed by atoms with Crippen molar-refractivity contribution in [3.8, 4) is 22.5 Å². The van der Waals surface area contributed by atoms with Crippen LogP contribution >= 0.6 is 23.1 Å². The molecule has 0 amide bonds. The molecule has 256 valence electrons. The summed E-state index contributed by atoms with van der Waals surface area (Å²) in [4.78, 5) is 18.3. The molecule has 0 radical (unpaired) electrons. The van der Waals surface area contributed by atoms with E-state index in [9.17, 15) is 9.90 Å². The van der Waals surface area contributed by atoms with Gasteiger partial charge in [-0.25, -0.2) is 14.5 Å². The van der Waals surface area contributed by atoms with Gasteiger partial charge in [-0.3, -0.25) is 0 Å². The summed E-state index contributed by atoms with van der Waals surface area (Å²) in [6.45, 7) is 4.51. The van der Waals surface area contributed by atoms with Gasteiger partial charge >= 0.3 is 5.97 Å². The lowest BCUT2D eigenvalue weighted by Crippen LogP contribution is -2.39. The lowest BCUT2D eigenvalue weighted by Gasteiger charge is -2.36. The number of rotatable bonds is 11. The average molecular weight is 719 g/mol. The Kier molecular flexibility index (Phi) is 9.00. The predicted molar refractivity (Wildman–Crippen MR) is 208 cm³/mol. The van der Waals surface area contributed by atoms with E-state index in [1.54, 1.807) is 11.8 Å². The van der Waals surface area contributed by atoms with E-state index in [1.807, 2.05) is 46.5 Å². The zero-order valence-electron chi connectivity index (χ0n) is 28.5. The lowest BCUT2D eigenvalue weighted by atomic mass is 9.77. The number of aromatic carboxylic acids is 1. The molecule has 10 heteroatoms. The van der Waals surface area contributed by atoms with E-state index in [2.05, 4.69) is 121 Å². The van der Waals surface area contributed by atoms with Gasteiger partial charge < -0.3 is 9.67 Å². The van der Waals surface area contributed by atoms with Crippen LogP contribution in [0.15, 0.2) is 145 Å². The molecule has 0 fully saturated rings. The van der Waals surface area contributed by atoms with Crippen LogP contribution in [0.5, 0.6) is 0 Å². The number of aryl methyl sites for hydroxylation is 1. The van der Waals surface area contributed by atoms with Crippen LogP contribution in [-0.2, 0) is 12.1 Å². The number of hydrogen-bond acceptors (Lipinski definition) is 7. The van der Waals surface area contributed by atoms with Crippen molar-refractivity contribution in [1.82, 2.24) is 29.8 Å². The van der Waals surface area contributed by atoms with E-state index in [1.165, 1.54) is 11.3 Å². The van der Waals surface area contributed by atoms with Crippen LogP contribution in [0.25, 0.3) is 33.5 Å². The van der Waals surface area contributed by atoms with Gasteiger partial charge in [-0.15, -0.1) is 16.4 Å². The van der Waals surface area contributed by atoms with E-state index in [4.69, 9.17) is 15.3 Å². The fraction of sp³-hybridized carbons (Fsp3) is 0.119. The Labute approximate surface area is 309 Å². The smallest absolute Gasteiger partial charge is 0.348 e. The molecule has 52 heavy (non-hydrogen) atoms. The summed E-state index contributed by atoms with van der Waals surface area (Å²) in [6.07, 6.45) is 0. The Morgan fingerprint density at radius 2 is 1.33 bits per heavy atom. The predicted octanol–water partition coefficient (Wildman–Crippen LogP) is 9.43. The van der Waals surface area contributed by atoms with Crippen molar-refractivity contribution in [2.75, 3.05) is 5.75 Å². The molecule has 0 saturated heterocycles. The van der Waals surface area contributed by atoms with Crippen LogP contribution in [0.4, 0.5) is 0 Å². The minimum Gasteiger partial charge on any atom is -0.477 e. The molecule has 0 aliphatic carbocycles. The number of carboxylic acid groups (broad SMARTS) is 1. The third-order valence-electron chi connectivity index (χ3n) is 9.34. The fourth-order valence-corrected chi connectivity index (χ4v) is 8.74. The van der Waals surface area contributed by atoms with E-state index < -0.39 is 11.5 Å². The van der Waals surface area contributed by atoms with Gasteiger partial charge in [0.05, 0.1) is 12.1 Å². The monoisotopic (exact) mass is 718 g/mol. The first kappa shape index (κ1) is 33.3. The van der Waals surface area contributed by atoms with E-state index in [-0.39, 0.29) is 0 Å². The molecule has 3 aromatic heterocycles. The highest BCUT2D eigenvalue weighted by Gasteiger charge is 2.42. The Morgan fingerprint density at radius 3 is 1.88 bits per heavy atom. The van der Waals surface area contributed by atoms with Crippen molar-refractivity contribution in [3.05, 3.63) is 172 Å². The summed E-state index contributed by atoms with van der Waals surface area (Å²) in [7, 11) is 0. The number of fused-ring (bicyclic) bond motifs is 1. The summed E-state index contributed by atoms with van der Waals surface area (Å²) in [5, 5.41) is 24.6. The number of imidazole rings is 1. The summed E-state index contributed by atoms with van der Waals surface area (Å²) in [6, 6.07) is 47.8. The minimum atomic E-state index is -0.928. The molecule has 1 N–H and O–H groups in total. The molecule has 0 bridgehead atoms. The molecule has 0 unspecified atom stereocenters. The van der Waals surface area contributed by atoms with Gasteiger partial charge in [-0.1, -0.05) is 158 Å². The van der Waals surface area contributed by atoms with Crippen LogP contribution in [-0.4, -0.2) is 46.6 Å². The van der Waals surface area contributed by atoms with Crippen molar-refractivity contribution in [2.24, 2.45) is 0 Å². The normalized spacial score (nSPS) is 11.7. The van der Waals surface area contributed by atoms with Gasteiger partial charge in [0.2, 0.25) is 0 Å². The van der Waals surface area contributed by atoms with E-state index in [0.29, 0.717) is 22.8 Å². The number of thioether (sulfide) groups is 1. The highest BCUT2D eigenvalue weighted by molar-refractivity contribution is 7.99. The summed E-state index contributed by atoms with van der Waals surface area (Å²) in [5.41, 5.74) is 7.60. The highest BCUT2D eigenvalue weighted by Crippen LogP contribution is 2.43. The summed E-state index contributed by atoms with van der Waals surface area (Å²) in [5.74, 6) is 0.537. The molecule has 3 heterocycles. The fourth-order valence-electron chi connectivity index (χ4n) is 7.08. The topological polar surface area (TPSA) is 98.7 Å². The third-order valence-corrected chi connectivity index (χ3v) is 11.3. The number of carbonyl (C=O) groups is 1. The second-order valence-corrected chi connectivity index (χ2v) is 14.8. The number of carboxylic acids is 1. The zero-order valence-corrected chi connectivity index (χ0v) is 30.2. The molecule has 5 aromatic carbocycles. The van der Waals surface area contributed by atoms with Gasteiger partial charge in [0, 0.05) is 10.4 Å². The number of tetrazole rings is 1. The Bertz CT molecular complexity index is 2390. The molecule has 0 saturated carbocycles. The molecule has 8 aromatic rings. The molecule has 8 nitrogen and oxygen atoms in total. The van der Waals surface area contributed by atoms with Gasteiger partial charge in [0.15, 0.2) is 11.0 Å². The maximum atomic E-state index is 12.2. The van der Waals surface area contributed by atoms with Crippen molar-refractivity contribution in [3.63, 3.8) is 0 Å². The summed E-state index contributed by atoms with van der Waals surface area (Å²) < 4.78 is 4.00. The second kappa shape index (κ2) is 14.1. The van der Waals surface area contributed by atoms with Crippen LogP contribution < -0.4 is 0 Å². The van der Waals surface area contributed by atoms with Gasteiger partial charge in [0.1, 0.15) is 15.9 Å². The average Bonchev–Trinajstić information content (AvgIpc) is 3.90. The largest absolute Gasteiger partial charge is 0.477 e. The Balaban J connectivity index is 1.24. The van der Waals surface area contributed by atoms with Gasteiger partial charge in [0.25, 0.3) is 0 Å². The van der Waals surface area contributed by atoms with Crippen molar-refractivity contribution in [2.45, 2.75) is 31.1 Å². The first-order valence-corrected chi connectivity index (χ1v) is 18.8. The maximum absolute atomic E-state index is 12.2. The number of hydrogen-bond donors (Lipinski definition) is 1. The third kappa shape index (κ3) is 5.70. The standard InChI is InChI=1S/C42H34N6O2S2/c1-3-51-41-43-36-28(2)52-38(40(49)50)37(36)47(41)27-29-23-25-30(26-24-29)34-21-13-14-22-35(34)39-44-45-46-48(39)42(31-15-7-4-8-16-31,32-17-9-5-10-18-32)33-19-11-6-12-20-33/h4-26H,3,27H2,1-2H3,(H,49,50). The van der Waals surface area contributed by atoms with Crippen LogP contribution in [0.2, 0.25) is 0 Å². The number of aromatic nitrogens is 6. The lowest BCUT2D eigenvalue weighted by molar-refractivity contribution is 0.0703. The van der Waals surface area contributed by atoms with Crippen LogP contribution in [0.3, 0.4) is 0 Å². The van der Waals surface area contributed by atoms with Crippen molar-refractivity contribution in [1.29, 1.82) is 0 Å². The summed E-state index contributed by atoms with van der Waals surface area (Å²) >= 11 is 2.90. The van der Waals surface area contributed by atoms with Gasteiger partial charge in [-0.2, -0.15) is 0 Å². The van der Waals surface area contributed by atoms with Crippen molar-refractivity contribution < 1.29 is 9.90 Å². The maximum Gasteiger partial charge on any atom is 0.348 e. The SMILES string of the molecule is CCSc1nc2c(C)sc(C(=O)O)c2n1Cc1ccc(-c2ccccc2-c2nnnn2C(c2ccccc2)(c2ccccc2)c2ccccc2)cc1. The van der Waals surface area contributed by atoms with Crippen LogP contribution in [0, 0.1) is 6.92 Å². The molecule has 8 rings (SSSR count). The quantitative estimate of drug-likeness (QED) is 0.105. The van der Waals surface area contributed by atoms with E-state index in [0.717, 1.165) is 60.2 Å². The number of nitrogens with zero attached hydrogens (tertiary/aromatic N) is 6. The zero-order chi connectivity index (χ0) is 35.7. The highest BCUT2D eigenvalue weighted by atomic mass is 32.2. The number of benzene rings is 5. The molecular weight excluding hydrogens is 685 g/mol.